The molecule has 0 unspecified atom stereocenters. The van der Waals surface area contributed by atoms with Gasteiger partial charge in [-0.2, -0.15) is 0 Å². The van der Waals surface area contributed by atoms with Crippen LogP contribution in [0.1, 0.15) is 48.9 Å². The number of carbonyl (C=O) groups is 2. The van der Waals surface area contributed by atoms with E-state index in [1.807, 2.05) is 0 Å². The second-order valence-corrected chi connectivity index (χ2v) is 8.20. The number of ketones is 1. The van der Waals surface area contributed by atoms with Crippen LogP contribution >= 0.6 is 11.6 Å². The highest BCUT2D eigenvalue weighted by molar-refractivity contribution is 6.33. The van der Waals surface area contributed by atoms with Crippen LogP contribution in [-0.2, 0) is 9.53 Å². The highest BCUT2D eigenvalue weighted by Crippen LogP contribution is 2.60. The number of halogens is 2. The molecule has 0 aliphatic heterocycles. The normalized spacial score (nSPS) is 33.5. The molecule has 1 aromatic carbocycles. The van der Waals surface area contributed by atoms with E-state index in [1.165, 1.54) is 31.4 Å². The summed E-state index contributed by atoms with van der Waals surface area (Å²) in [6.45, 7) is -0.282. The standard InChI is InChI=1S/C19H20ClFO3/c20-14-2-1-3-15(21)17(14)18(23)24-10-16(22)19-7-11-4-12(8-19)6-13(5-11)9-19/h1-3,11-13H,4-10H2. The quantitative estimate of drug-likeness (QED) is 0.755. The Hall–Kier alpha value is -1.42. The summed E-state index contributed by atoms with van der Waals surface area (Å²) in [7, 11) is 0. The molecule has 4 fully saturated rings. The van der Waals surface area contributed by atoms with Gasteiger partial charge in [-0.25, -0.2) is 9.18 Å². The number of benzene rings is 1. The number of carbonyl (C=O) groups excluding carboxylic acids is 2. The minimum Gasteiger partial charge on any atom is -0.454 e. The molecular weight excluding hydrogens is 331 g/mol. The number of hydrogen-bond donors (Lipinski definition) is 0. The molecule has 0 N–H and O–H groups in total. The van der Waals surface area contributed by atoms with Crippen LogP contribution in [0.5, 0.6) is 0 Å². The van der Waals surface area contributed by atoms with Crippen molar-refractivity contribution in [2.75, 3.05) is 6.61 Å². The largest absolute Gasteiger partial charge is 0.454 e. The highest BCUT2D eigenvalue weighted by atomic mass is 35.5. The van der Waals surface area contributed by atoms with Gasteiger partial charge in [0, 0.05) is 5.41 Å². The number of esters is 1. The number of rotatable bonds is 4. The Morgan fingerprint density at radius 2 is 1.71 bits per heavy atom. The maximum Gasteiger partial charge on any atom is 0.343 e. The van der Waals surface area contributed by atoms with Gasteiger partial charge >= 0.3 is 5.97 Å². The lowest BCUT2D eigenvalue weighted by Gasteiger charge is -2.55. The molecule has 128 valence electrons. The maximum atomic E-state index is 13.8. The zero-order valence-corrected chi connectivity index (χ0v) is 14.2. The lowest BCUT2D eigenvalue weighted by atomic mass is 9.48. The third-order valence-electron chi connectivity index (χ3n) is 6.13. The van der Waals surface area contributed by atoms with Crippen molar-refractivity contribution in [2.45, 2.75) is 38.5 Å². The molecule has 4 aliphatic carbocycles. The Balaban J connectivity index is 1.45. The lowest BCUT2D eigenvalue weighted by Crippen LogP contribution is -2.51. The summed E-state index contributed by atoms with van der Waals surface area (Å²) in [5, 5.41) is 0.00209. The minimum absolute atomic E-state index is 0.00209. The summed E-state index contributed by atoms with van der Waals surface area (Å²) in [6.07, 6.45) is 6.52. The molecule has 0 aromatic heterocycles. The van der Waals surface area contributed by atoms with Crippen LogP contribution in [0.25, 0.3) is 0 Å². The van der Waals surface area contributed by atoms with Gasteiger partial charge in [-0.15, -0.1) is 0 Å². The van der Waals surface area contributed by atoms with Crippen molar-refractivity contribution in [3.63, 3.8) is 0 Å². The molecule has 4 saturated carbocycles. The van der Waals surface area contributed by atoms with Crippen molar-refractivity contribution >= 4 is 23.4 Å². The van der Waals surface area contributed by atoms with E-state index in [9.17, 15) is 14.0 Å². The van der Waals surface area contributed by atoms with Gasteiger partial charge in [-0.3, -0.25) is 4.79 Å². The summed E-state index contributed by atoms with van der Waals surface area (Å²) in [4.78, 5) is 24.9. The van der Waals surface area contributed by atoms with Crippen molar-refractivity contribution in [3.8, 4) is 0 Å². The van der Waals surface area contributed by atoms with E-state index in [0.29, 0.717) is 17.8 Å². The summed E-state index contributed by atoms with van der Waals surface area (Å²) in [5.41, 5.74) is -0.605. The number of hydrogen-bond acceptors (Lipinski definition) is 3. The lowest BCUT2D eigenvalue weighted by molar-refractivity contribution is -0.147. The Bertz CT molecular complexity index is 644. The molecule has 0 saturated heterocycles. The molecule has 1 aromatic rings. The van der Waals surface area contributed by atoms with Crippen molar-refractivity contribution in [1.29, 1.82) is 0 Å². The first kappa shape index (κ1) is 16.1. The van der Waals surface area contributed by atoms with E-state index < -0.39 is 11.8 Å². The van der Waals surface area contributed by atoms with Crippen molar-refractivity contribution in [1.82, 2.24) is 0 Å². The first-order valence-electron chi connectivity index (χ1n) is 8.61. The molecule has 0 atom stereocenters. The third kappa shape index (κ3) is 2.65. The predicted octanol–water partition coefficient (Wildman–Crippen LogP) is 4.42. The van der Waals surface area contributed by atoms with Gasteiger partial charge in [0.15, 0.2) is 12.4 Å². The second-order valence-electron chi connectivity index (χ2n) is 7.79. The molecule has 5 rings (SSSR count). The molecule has 0 radical (unpaired) electrons. The monoisotopic (exact) mass is 350 g/mol. The number of ether oxygens (including phenoxy) is 1. The molecule has 0 amide bonds. The molecule has 0 spiro atoms. The van der Waals surface area contributed by atoms with Crippen LogP contribution in [0, 0.1) is 29.0 Å². The Morgan fingerprint density at radius 3 is 2.25 bits per heavy atom. The van der Waals surface area contributed by atoms with Gasteiger partial charge in [0.2, 0.25) is 0 Å². The molecule has 4 bridgehead atoms. The second kappa shape index (κ2) is 5.83. The van der Waals surface area contributed by atoms with Gasteiger partial charge < -0.3 is 4.74 Å². The van der Waals surface area contributed by atoms with Crippen molar-refractivity contribution in [3.05, 3.63) is 34.6 Å². The summed E-state index contributed by atoms with van der Waals surface area (Å²) in [5.74, 6) is 0.360. The predicted molar refractivity (Wildman–Crippen MR) is 87.3 cm³/mol. The van der Waals surface area contributed by atoms with Gasteiger partial charge in [-0.05, 0) is 68.4 Å². The average Bonchev–Trinajstić information content (AvgIpc) is 2.51. The topological polar surface area (TPSA) is 43.4 Å². The Labute approximate surface area is 145 Å². The van der Waals surface area contributed by atoms with E-state index in [1.54, 1.807) is 0 Å². The van der Waals surface area contributed by atoms with Gasteiger partial charge in [-0.1, -0.05) is 17.7 Å². The Kier molecular flexibility index (Phi) is 3.91. The van der Waals surface area contributed by atoms with Crippen LogP contribution in [0.2, 0.25) is 5.02 Å². The highest BCUT2D eigenvalue weighted by Gasteiger charge is 2.54. The summed E-state index contributed by atoms with van der Waals surface area (Å²) in [6, 6.07) is 4.01. The maximum absolute atomic E-state index is 13.8. The molecule has 4 aliphatic rings. The van der Waals surface area contributed by atoms with E-state index in [-0.39, 0.29) is 28.4 Å². The van der Waals surface area contributed by atoms with Crippen molar-refractivity contribution in [2.24, 2.45) is 23.2 Å². The molecule has 0 heterocycles. The van der Waals surface area contributed by atoms with Crippen LogP contribution in [-0.4, -0.2) is 18.4 Å². The van der Waals surface area contributed by atoms with E-state index in [4.69, 9.17) is 16.3 Å². The SMILES string of the molecule is O=C(OCC(=O)C12CC3CC(CC(C3)C1)C2)c1c(F)cccc1Cl. The minimum atomic E-state index is -0.865. The smallest absolute Gasteiger partial charge is 0.343 e. The van der Waals surface area contributed by atoms with Crippen LogP contribution in [0.4, 0.5) is 4.39 Å². The zero-order chi connectivity index (χ0) is 16.9. The molecule has 24 heavy (non-hydrogen) atoms. The van der Waals surface area contributed by atoms with Crippen LogP contribution in [0.3, 0.4) is 0 Å². The van der Waals surface area contributed by atoms with E-state index in [2.05, 4.69) is 0 Å². The average molecular weight is 351 g/mol. The summed E-state index contributed by atoms with van der Waals surface area (Å²) >= 11 is 5.87. The molecule has 3 nitrogen and oxygen atoms in total. The number of Topliss-reactive ketones (excluding diaryl/α,β-unsaturated/α-hetero) is 1. The van der Waals surface area contributed by atoms with E-state index in [0.717, 1.165) is 25.3 Å². The van der Waals surface area contributed by atoms with Gasteiger partial charge in [0.05, 0.1) is 5.02 Å². The Morgan fingerprint density at radius 1 is 1.12 bits per heavy atom. The van der Waals surface area contributed by atoms with E-state index >= 15 is 0 Å². The first-order valence-corrected chi connectivity index (χ1v) is 8.99. The third-order valence-corrected chi connectivity index (χ3v) is 6.45. The van der Waals surface area contributed by atoms with Gasteiger partial charge in [0.25, 0.3) is 0 Å². The fourth-order valence-corrected chi connectivity index (χ4v) is 5.74. The van der Waals surface area contributed by atoms with Crippen LogP contribution < -0.4 is 0 Å². The van der Waals surface area contributed by atoms with Gasteiger partial charge in [0.1, 0.15) is 11.4 Å². The first-order chi connectivity index (χ1) is 11.5. The summed E-state index contributed by atoms with van der Waals surface area (Å²) < 4.78 is 18.9. The zero-order valence-electron chi connectivity index (χ0n) is 13.4. The van der Waals surface area contributed by atoms with Crippen molar-refractivity contribution < 1.29 is 18.7 Å². The fraction of sp³-hybridized carbons (Fsp3) is 0.579. The molecule has 5 heteroatoms. The molecular formula is C19H20ClFO3. The van der Waals surface area contributed by atoms with Crippen LogP contribution in [0.15, 0.2) is 18.2 Å². The fourth-order valence-electron chi connectivity index (χ4n) is 5.50.